The molecular weight excluding hydrogens is 193 g/mol. The van der Waals surface area contributed by atoms with Crippen molar-refractivity contribution in [3.63, 3.8) is 0 Å². The highest BCUT2D eigenvalue weighted by Gasteiger charge is 2.07. The van der Waals surface area contributed by atoms with Crippen LogP contribution in [0.5, 0.6) is 5.75 Å². The second-order valence-corrected chi connectivity index (χ2v) is 2.46. The van der Waals surface area contributed by atoms with Gasteiger partial charge in [-0.1, -0.05) is 6.08 Å². The minimum absolute atomic E-state index is 0. The summed E-state index contributed by atoms with van der Waals surface area (Å²) in [5.74, 6) is -0.427. The van der Waals surface area contributed by atoms with Gasteiger partial charge in [0.25, 0.3) is 0 Å². The number of aromatic hydroxyl groups is 1. The Bertz CT molecular complexity index is 304. The average molecular weight is 204 g/mol. The maximum absolute atomic E-state index is 12.6. The summed E-state index contributed by atoms with van der Waals surface area (Å²) in [5, 5.41) is 9.24. The van der Waals surface area contributed by atoms with E-state index in [9.17, 15) is 9.50 Å². The van der Waals surface area contributed by atoms with E-state index in [0.717, 1.165) is 0 Å². The molecule has 1 aromatic carbocycles. The third-order valence-corrected chi connectivity index (χ3v) is 1.60. The summed E-state index contributed by atoms with van der Waals surface area (Å²) in [5.41, 5.74) is 5.87. The Morgan fingerprint density at radius 1 is 1.54 bits per heavy atom. The molecule has 0 saturated heterocycles. The summed E-state index contributed by atoms with van der Waals surface area (Å²) in [6, 6.07) is 3.12. The molecule has 2 nitrogen and oxygen atoms in total. The second kappa shape index (κ2) is 4.84. The Morgan fingerprint density at radius 3 is 2.69 bits per heavy atom. The predicted molar refractivity (Wildman–Crippen MR) is 52.4 cm³/mol. The largest absolute Gasteiger partial charge is 0.508 e. The van der Waals surface area contributed by atoms with Gasteiger partial charge in [-0.25, -0.2) is 4.39 Å². The summed E-state index contributed by atoms with van der Waals surface area (Å²) < 4.78 is 12.6. The third kappa shape index (κ3) is 2.72. The van der Waals surface area contributed by atoms with Crippen molar-refractivity contribution >= 4 is 12.4 Å². The van der Waals surface area contributed by atoms with Crippen LogP contribution >= 0.6 is 12.4 Å². The van der Waals surface area contributed by atoms with E-state index >= 15 is 0 Å². The maximum atomic E-state index is 12.6. The van der Waals surface area contributed by atoms with E-state index in [1.807, 2.05) is 0 Å². The minimum atomic E-state index is -0.527. The summed E-state index contributed by atoms with van der Waals surface area (Å²) in [4.78, 5) is 0. The number of benzene rings is 1. The van der Waals surface area contributed by atoms with Crippen LogP contribution in [0.15, 0.2) is 30.9 Å². The van der Waals surface area contributed by atoms with Gasteiger partial charge in [0, 0.05) is 5.56 Å². The van der Waals surface area contributed by atoms with Gasteiger partial charge >= 0.3 is 0 Å². The molecule has 0 spiro atoms. The highest BCUT2D eigenvalue weighted by atomic mass is 35.5. The van der Waals surface area contributed by atoms with Crippen molar-refractivity contribution < 1.29 is 9.50 Å². The standard InChI is InChI=1S/C9H10FNO.ClH/c1-2-8(11)7-5-6(10)3-4-9(7)12;/h2-5,8,12H,1,11H2;1H. The van der Waals surface area contributed by atoms with E-state index in [4.69, 9.17) is 5.73 Å². The quantitative estimate of drug-likeness (QED) is 0.724. The molecule has 1 atom stereocenters. The van der Waals surface area contributed by atoms with Gasteiger partial charge < -0.3 is 10.8 Å². The molecule has 0 amide bonds. The van der Waals surface area contributed by atoms with Gasteiger partial charge in [-0.15, -0.1) is 19.0 Å². The zero-order valence-electron chi connectivity index (χ0n) is 6.90. The van der Waals surface area contributed by atoms with Gasteiger partial charge in [0.15, 0.2) is 0 Å². The van der Waals surface area contributed by atoms with E-state index in [-0.39, 0.29) is 18.2 Å². The molecular formula is C9H11ClFNO. The Labute approximate surface area is 82.3 Å². The second-order valence-electron chi connectivity index (χ2n) is 2.46. The van der Waals surface area contributed by atoms with Crippen LogP contribution < -0.4 is 5.73 Å². The Kier molecular flexibility index (Phi) is 4.45. The molecule has 1 rings (SSSR count). The minimum Gasteiger partial charge on any atom is -0.508 e. The zero-order chi connectivity index (χ0) is 9.14. The van der Waals surface area contributed by atoms with Gasteiger partial charge in [-0.2, -0.15) is 0 Å². The van der Waals surface area contributed by atoms with Gasteiger partial charge in [-0.05, 0) is 18.2 Å². The Hall–Kier alpha value is -1.06. The lowest BCUT2D eigenvalue weighted by Gasteiger charge is -2.08. The Balaban J connectivity index is 0.00000144. The number of hydrogen-bond acceptors (Lipinski definition) is 2. The van der Waals surface area contributed by atoms with Crippen LogP contribution in [-0.4, -0.2) is 5.11 Å². The van der Waals surface area contributed by atoms with Crippen LogP contribution in [-0.2, 0) is 0 Å². The van der Waals surface area contributed by atoms with E-state index in [1.165, 1.54) is 24.3 Å². The molecule has 13 heavy (non-hydrogen) atoms. The van der Waals surface area contributed by atoms with E-state index in [1.54, 1.807) is 0 Å². The average Bonchev–Trinajstić information content (AvgIpc) is 2.08. The van der Waals surface area contributed by atoms with E-state index < -0.39 is 11.9 Å². The van der Waals surface area contributed by atoms with Crippen molar-refractivity contribution in [1.29, 1.82) is 0 Å². The molecule has 0 fully saturated rings. The van der Waals surface area contributed by atoms with Crippen molar-refractivity contribution in [1.82, 2.24) is 0 Å². The fraction of sp³-hybridized carbons (Fsp3) is 0.111. The maximum Gasteiger partial charge on any atom is 0.123 e. The lowest BCUT2D eigenvalue weighted by molar-refractivity contribution is 0.463. The lowest BCUT2D eigenvalue weighted by Crippen LogP contribution is -2.06. The molecule has 0 aliphatic carbocycles. The molecule has 0 radical (unpaired) electrons. The SMILES string of the molecule is C=CC(N)c1cc(F)ccc1O.Cl. The van der Waals surface area contributed by atoms with Crippen molar-refractivity contribution in [3.8, 4) is 5.75 Å². The number of phenolic OH excluding ortho intramolecular Hbond substituents is 1. The van der Waals surface area contributed by atoms with Gasteiger partial charge in [0.2, 0.25) is 0 Å². The molecule has 0 aromatic heterocycles. The molecule has 0 saturated carbocycles. The molecule has 1 aromatic rings. The summed E-state index contributed by atoms with van der Waals surface area (Å²) in [6.07, 6.45) is 1.44. The first-order valence-electron chi connectivity index (χ1n) is 3.51. The smallest absolute Gasteiger partial charge is 0.123 e. The summed E-state index contributed by atoms with van der Waals surface area (Å²) in [6.45, 7) is 3.45. The van der Waals surface area contributed by atoms with Crippen molar-refractivity contribution in [2.75, 3.05) is 0 Å². The van der Waals surface area contributed by atoms with Gasteiger partial charge in [0.1, 0.15) is 11.6 Å². The fourth-order valence-corrected chi connectivity index (χ4v) is 0.919. The van der Waals surface area contributed by atoms with Crippen LogP contribution in [0.25, 0.3) is 0 Å². The molecule has 72 valence electrons. The van der Waals surface area contributed by atoms with Crippen LogP contribution in [0.4, 0.5) is 4.39 Å². The molecule has 3 N–H and O–H groups in total. The molecule has 0 aliphatic heterocycles. The fourth-order valence-electron chi connectivity index (χ4n) is 0.919. The number of phenols is 1. The van der Waals surface area contributed by atoms with Crippen LogP contribution in [0.2, 0.25) is 0 Å². The first kappa shape index (κ1) is 11.9. The highest BCUT2D eigenvalue weighted by Crippen LogP contribution is 2.23. The van der Waals surface area contributed by atoms with Gasteiger partial charge in [0.05, 0.1) is 6.04 Å². The highest BCUT2D eigenvalue weighted by molar-refractivity contribution is 5.85. The number of nitrogens with two attached hydrogens (primary N) is 1. The third-order valence-electron chi connectivity index (χ3n) is 1.60. The van der Waals surface area contributed by atoms with Crippen molar-refractivity contribution in [2.45, 2.75) is 6.04 Å². The molecule has 1 unspecified atom stereocenters. The van der Waals surface area contributed by atoms with Crippen LogP contribution in [0.3, 0.4) is 0 Å². The first-order chi connectivity index (χ1) is 5.65. The number of rotatable bonds is 2. The van der Waals surface area contributed by atoms with Crippen LogP contribution in [0.1, 0.15) is 11.6 Å². The molecule has 0 heterocycles. The van der Waals surface area contributed by atoms with Gasteiger partial charge in [-0.3, -0.25) is 0 Å². The lowest BCUT2D eigenvalue weighted by atomic mass is 10.1. The molecule has 0 bridgehead atoms. The van der Waals surface area contributed by atoms with Crippen molar-refractivity contribution in [2.24, 2.45) is 5.73 Å². The van der Waals surface area contributed by atoms with Crippen molar-refractivity contribution in [3.05, 3.63) is 42.2 Å². The zero-order valence-corrected chi connectivity index (χ0v) is 7.72. The molecule has 4 heteroatoms. The normalized spacial score (nSPS) is 11.5. The predicted octanol–water partition coefficient (Wildman–Crippen LogP) is 2.14. The number of hydrogen-bond donors (Lipinski definition) is 2. The van der Waals surface area contributed by atoms with E-state index in [0.29, 0.717) is 5.56 Å². The summed E-state index contributed by atoms with van der Waals surface area (Å²) >= 11 is 0. The summed E-state index contributed by atoms with van der Waals surface area (Å²) in [7, 11) is 0. The first-order valence-corrected chi connectivity index (χ1v) is 3.51. The van der Waals surface area contributed by atoms with E-state index in [2.05, 4.69) is 6.58 Å². The number of halogens is 2. The van der Waals surface area contributed by atoms with Crippen LogP contribution in [0, 0.1) is 5.82 Å². The molecule has 0 aliphatic rings. The monoisotopic (exact) mass is 203 g/mol. The topological polar surface area (TPSA) is 46.2 Å². The Morgan fingerprint density at radius 2 is 2.15 bits per heavy atom.